The van der Waals surface area contributed by atoms with Crippen LogP contribution >= 0.6 is 11.6 Å². The van der Waals surface area contributed by atoms with Crippen LogP contribution in [0.4, 0.5) is 19.0 Å². The highest BCUT2D eigenvalue weighted by Crippen LogP contribution is 2.31. The molecule has 0 aliphatic carbocycles. The van der Waals surface area contributed by atoms with Crippen LogP contribution in [-0.2, 0) is 6.18 Å². The number of nitrogens with one attached hydrogen (secondary N) is 1. The largest absolute Gasteiger partial charge is 0.416 e. The third kappa shape index (κ3) is 2.82. The van der Waals surface area contributed by atoms with Crippen molar-refractivity contribution in [1.29, 1.82) is 0 Å². The standard InChI is InChI=1S/C16H11ClF3N3O/c1-21-14-12-6-5-10(17)8-13(12)23(15(24)22-14)11-4-2-3-9(7-11)16(18,19)20/h2-8H,1H3,(H,21,22,24). The van der Waals surface area contributed by atoms with Gasteiger partial charge in [0, 0.05) is 17.5 Å². The molecule has 4 nitrogen and oxygen atoms in total. The Hall–Kier alpha value is -2.54. The summed E-state index contributed by atoms with van der Waals surface area (Å²) in [4.78, 5) is 16.3. The number of hydrogen-bond acceptors (Lipinski definition) is 3. The molecule has 0 fully saturated rings. The molecule has 0 aliphatic rings. The molecule has 24 heavy (non-hydrogen) atoms. The molecule has 8 heteroatoms. The van der Waals surface area contributed by atoms with Crippen LogP contribution < -0.4 is 11.0 Å². The van der Waals surface area contributed by atoms with Crippen molar-refractivity contribution >= 4 is 28.3 Å². The minimum atomic E-state index is -4.51. The van der Waals surface area contributed by atoms with E-state index in [1.807, 2.05) is 0 Å². The molecule has 124 valence electrons. The molecule has 1 heterocycles. The number of fused-ring (bicyclic) bond motifs is 1. The third-order valence-electron chi connectivity index (χ3n) is 3.52. The predicted molar refractivity (Wildman–Crippen MR) is 86.9 cm³/mol. The van der Waals surface area contributed by atoms with Gasteiger partial charge >= 0.3 is 11.9 Å². The molecule has 1 aromatic heterocycles. The number of benzene rings is 2. The molecular weight excluding hydrogens is 343 g/mol. The fraction of sp³-hybridized carbons (Fsp3) is 0.125. The molecule has 0 unspecified atom stereocenters. The molecule has 3 rings (SSSR count). The summed E-state index contributed by atoms with van der Waals surface area (Å²) in [6.07, 6.45) is -4.51. The Morgan fingerprint density at radius 1 is 1.17 bits per heavy atom. The van der Waals surface area contributed by atoms with E-state index >= 15 is 0 Å². The summed E-state index contributed by atoms with van der Waals surface area (Å²) in [6.45, 7) is 0. The molecule has 0 bridgehead atoms. The van der Waals surface area contributed by atoms with Crippen LogP contribution in [0.3, 0.4) is 0 Å². The maximum Gasteiger partial charge on any atom is 0.416 e. The zero-order chi connectivity index (χ0) is 17.5. The Bertz CT molecular complexity index is 982. The first-order chi connectivity index (χ1) is 11.3. The van der Waals surface area contributed by atoms with Crippen molar-refractivity contribution in [3.8, 4) is 5.69 Å². The fourth-order valence-electron chi connectivity index (χ4n) is 2.46. The minimum absolute atomic E-state index is 0.0669. The first-order valence-electron chi connectivity index (χ1n) is 6.89. The van der Waals surface area contributed by atoms with E-state index in [9.17, 15) is 18.0 Å². The second kappa shape index (κ2) is 5.83. The maximum absolute atomic E-state index is 12.9. The van der Waals surface area contributed by atoms with Gasteiger partial charge in [-0.3, -0.25) is 4.57 Å². The van der Waals surface area contributed by atoms with E-state index < -0.39 is 17.4 Å². The lowest BCUT2D eigenvalue weighted by molar-refractivity contribution is -0.137. The molecule has 0 radical (unpaired) electrons. The van der Waals surface area contributed by atoms with Crippen molar-refractivity contribution in [2.75, 3.05) is 12.4 Å². The van der Waals surface area contributed by atoms with Crippen LogP contribution in [0.2, 0.25) is 5.02 Å². The van der Waals surface area contributed by atoms with Crippen molar-refractivity contribution in [3.63, 3.8) is 0 Å². The van der Waals surface area contributed by atoms with E-state index in [1.165, 1.54) is 18.2 Å². The summed E-state index contributed by atoms with van der Waals surface area (Å²) in [7, 11) is 1.60. The highest BCUT2D eigenvalue weighted by Gasteiger charge is 2.30. The number of anilines is 1. The van der Waals surface area contributed by atoms with E-state index in [4.69, 9.17) is 11.6 Å². The van der Waals surface area contributed by atoms with E-state index in [0.29, 0.717) is 21.7 Å². The number of aromatic nitrogens is 2. The normalized spacial score (nSPS) is 11.7. The molecule has 1 N–H and O–H groups in total. The topological polar surface area (TPSA) is 46.9 Å². The molecule has 0 amide bonds. The van der Waals surface area contributed by atoms with Crippen molar-refractivity contribution in [1.82, 2.24) is 9.55 Å². The van der Waals surface area contributed by atoms with Gasteiger partial charge in [-0.25, -0.2) is 4.79 Å². The fourth-order valence-corrected chi connectivity index (χ4v) is 2.63. The lowest BCUT2D eigenvalue weighted by Gasteiger charge is -2.14. The van der Waals surface area contributed by atoms with Gasteiger partial charge in [0.05, 0.1) is 16.8 Å². The molecule has 0 saturated heterocycles. The lowest BCUT2D eigenvalue weighted by Crippen LogP contribution is -2.23. The Morgan fingerprint density at radius 2 is 1.92 bits per heavy atom. The van der Waals surface area contributed by atoms with Crippen LogP contribution in [0, 0.1) is 0 Å². The third-order valence-corrected chi connectivity index (χ3v) is 3.76. The molecule has 0 aliphatic heterocycles. The average molecular weight is 354 g/mol. The van der Waals surface area contributed by atoms with Crippen LogP contribution in [-0.4, -0.2) is 16.6 Å². The smallest absolute Gasteiger partial charge is 0.372 e. The van der Waals surface area contributed by atoms with Crippen molar-refractivity contribution < 1.29 is 13.2 Å². The molecule has 0 saturated carbocycles. The van der Waals surface area contributed by atoms with Gasteiger partial charge < -0.3 is 5.32 Å². The summed E-state index contributed by atoms with van der Waals surface area (Å²) in [5.74, 6) is 0.329. The Morgan fingerprint density at radius 3 is 2.58 bits per heavy atom. The van der Waals surface area contributed by atoms with Gasteiger partial charge in [-0.05, 0) is 36.4 Å². The summed E-state index contributed by atoms with van der Waals surface area (Å²) in [6, 6.07) is 9.29. The SMILES string of the molecule is CNc1nc(=O)n(-c2cccc(C(F)(F)F)c2)c2cc(Cl)ccc12. The molecule has 3 aromatic rings. The highest BCUT2D eigenvalue weighted by atomic mass is 35.5. The second-order valence-electron chi connectivity index (χ2n) is 5.04. The van der Waals surface area contributed by atoms with Gasteiger partial charge in [0.1, 0.15) is 5.82 Å². The molecule has 2 aromatic carbocycles. The lowest BCUT2D eigenvalue weighted by atomic mass is 10.1. The van der Waals surface area contributed by atoms with E-state index in [-0.39, 0.29) is 5.69 Å². The number of nitrogens with zero attached hydrogens (tertiary/aromatic N) is 2. The van der Waals surface area contributed by atoms with Gasteiger partial charge in [-0.1, -0.05) is 17.7 Å². The molecule has 0 spiro atoms. The number of rotatable bonds is 2. The summed E-state index contributed by atoms with van der Waals surface area (Å²) >= 11 is 5.99. The molecular formula is C16H11ClF3N3O. The minimum Gasteiger partial charge on any atom is -0.372 e. The summed E-state index contributed by atoms with van der Waals surface area (Å²) in [5.41, 5.74) is -1.11. The Balaban J connectivity index is 2.37. The maximum atomic E-state index is 12.9. The van der Waals surface area contributed by atoms with Gasteiger partial charge in [0.15, 0.2) is 0 Å². The van der Waals surface area contributed by atoms with Crippen LogP contribution in [0.5, 0.6) is 0 Å². The number of halogens is 4. The van der Waals surface area contributed by atoms with Crippen LogP contribution in [0.1, 0.15) is 5.56 Å². The number of alkyl halides is 3. The Labute approximate surface area is 139 Å². The monoisotopic (exact) mass is 353 g/mol. The van der Waals surface area contributed by atoms with Crippen LogP contribution in [0.25, 0.3) is 16.6 Å². The summed E-state index contributed by atoms with van der Waals surface area (Å²) < 4.78 is 39.9. The van der Waals surface area contributed by atoms with Crippen molar-refractivity contribution in [2.24, 2.45) is 0 Å². The van der Waals surface area contributed by atoms with Crippen LogP contribution in [0.15, 0.2) is 47.3 Å². The van der Waals surface area contributed by atoms with E-state index in [2.05, 4.69) is 10.3 Å². The van der Waals surface area contributed by atoms with Gasteiger partial charge in [0.25, 0.3) is 0 Å². The Kier molecular flexibility index (Phi) is 3.96. The van der Waals surface area contributed by atoms with Gasteiger partial charge in [-0.15, -0.1) is 0 Å². The molecule has 0 atom stereocenters. The predicted octanol–water partition coefficient (Wildman–Crippen LogP) is 4.10. The first-order valence-corrected chi connectivity index (χ1v) is 7.27. The van der Waals surface area contributed by atoms with Gasteiger partial charge in [-0.2, -0.15) is 18.2 Å². The van der Waals surface area contributed by atoms with E-state index in [1.54, 1.807) is 19.2 Å². The zero-order valence-electron chi connectivity index (χ0n) is 12.4. The second-order valence-corrected chi connectivity index (χ2v) is 5.47. The summed E-state index contributed by atoms with van der Waals surface area (Å²) in [5, 5.41) is 3.72. The van der Waals surface area contributed by atoms with Crippen molar-refractivity contribution in [3.05, 3.63) is 63.5 Å². The quantitative estimate of drug-likeness (QED) is 0.754. The van der Waals surface area contributed by atoms with E-state index in [0.717, 1.165) is 16.7 Å². The highest BCUT2D eigenvalue weighted by molar-refractivity contribution is 6.31. The first kappa shape index (κ1) is 16.3. The van der Waals surface area contributed by atoms with Crippen molar-refractivity contribution in [2.45, 2.75) is 6.18 Å². The zero-order valence-corrected chi connectivity index (χ0v) is 13.1. The van der Waals surface area contributed by atoms with Gasteiger partial charge in [0.2, 0.25) is 0 Å². The number of hydrogen-bond donors (Lipinski definition) is 1. The average Bonchev–Trinajstić information content (AvgIpc) is 2.53.